The second kappa shape index (κ2) is 10.8. The summed E-state index contributed by atoms with van der Waals surface area (Å²) >= 11 is 0. The zero-order valence-electron chi connectivity index (χ0n) is 12.3. The van der Waals surface area contributed by atoms with Crippen LogP contribution in [0.3, 0.4) is 0 Å². The lowest BCUT2D eigenvalue weighted by Crippen LogP contribution is -2.32. The van der Waals surface area contributed by atoms with Gasteiger partial charge in [-0.1, -0.05) is 51.9 Å². The van der Waals surface area contributed by atoms with Gasteiger partial charge in [-0.05, 0) is 44.2 Å². The van der Waals surface area contributed by atoms with Gasteiger partial charge in [-0.15, -0.1) is 0 Å². The summed E-state index contributed by atoms with van der Waals surface area (Å²) in [6, 6.07) is 0. The molecule has 1 saturated carbocycles. The third kappa shape index (κ3) is 6.75. The first-order chi connectivity index (χ1) is 8.88. The fourth-order valence-corrected chi connectivity index (χ4v) is 3.11. The molecule has 0 heterocycles. The lowest BCUT2D eigenvalue weighted by molar-refractivity contribution is 0.133. The summed E-state index contributed by atoms with van der Waals surface area (Å²) in [5.74, 6) is 1.29. The quantitative estimate of drug-likeness (QED) is 0.583. The molecule has 2 heteroatoms. The molecular formula is C16H33NO. The van der Waals surface area contributed by atoms with Crippen molar-refractivity contribution in [2.75, 3.05) is 19.7 Å². The van der Waals surface area contributed by atoms with Crippen LogP contribution in [0, 0.1) is 11.8 Å². The molecule has 0 aromatic rings. The van der Waals surface area contributed by atoms with Crippen molar-refractivity contribution in [3.8, 4) is 0 Å². The van der Waals surface area contributed by atoms with E-state index in [4.69, 9.17) is 0 Å². The van der Waals surface area contributed by atoms with Crippen molar-refractivity contribution in [1.29, 1.82) is 0 Å². The predicted octanol–water partition coefficient (Wildman–Crippen LogP) is 3.74. The molecule has 2 unspecified atom stereocenters. The van der Waals surface area contributed by atoms with E-state index in [0.717, 1.165) is 12.5 Å². The number of rotatable bonds is 10. The van der Waals surface area contributed by atoms with Crippen molar-refractivity contribution in [2.45, 2.75) is 71.1 Å². The van der Waals surface area contributed by atoms with Crippen LogP contribution >= 0.6 is 0 Å². The summed E-state index contributed by atoms with van der Waals surface area (Å²) in [6.07, 6.45) is 13.5. The summed E-state index contributed by atoms with van der Waals surface area (Å²) in [5.41, 5.74) is 0. The summed E-state index contributed by atoms with van der Waals surface area (Å²) in [5, 5.41) is 13.0. The Morgan fingerprint density at radius 3 is 2.33 bits per heavy atom. The highest BCUT2D eigenvalue weighted by Gasteiger charge is 2.23. The maximum atomic E-state index is 9.36. The van der Waals surface area contributed by atoms with Crippen LogP contribution in [0.2, 0.25) is 0 Å². The molecule has 2 N–H and O–H groups in total. The van der Waals surface area contributed by atoms with Crippen molar-refractivity contribution >= 4 is 0 Å². The smallest absolute Gasteiger partial charge is 0.0462 e. The van der Waals surface area contributed by atoms with E-state index in [0.29, 0.717) is 12.5 Å². The summed E-state index contributed by atoms with van der Waals surface area (Å²) < 4.78 is 0. The zero-order chi connectivity index (χ0) is 13.1. The summed E-state index contributed by atoms with van der Waals surface area (Å²) in [7, 11) is 0. The molecule has 0 aromatic heterocycles. The van der Waals surface area contributed by atoms with Crippen LogP contribution in [0.5, 0.6) is 0 Å². The molecule has 0 saturated heterocycles. The van der Waals surface area contributed by atoms with E-state index in [1.807, 2.05) is 0 Å². The van der Waals surface area contributed by atoms with Gasteiger partial charge in [-0.25, -0.2) is 0 Å². The molecule has 18 heavy (non-hydrogen) atoms. The summed E-state index contributed by atoms with van der Waals surface area (Å²) in [6.45, 7) is 4.95. The van der Waals surface area contributed by atoms with Crippen molar-refractivity contribution in [3.05, 3.63) is 0 Å². The van der Waals surface area contributed by atoms with Gasteiger partial charge in [0.05, 0.1) is 0 Å². The van der Waals surface area contributed by atoms with Gasteiger partial charge in [0.2, 0.25) is 0 Å². The van der Waals surface area contributed by atoms with Gasteiger partial charge in [0.1, 0.15) is 0 Å². The number of hydrogen-bond acceptors (Lipinski definition) is 2. The van der Waals surface area contributed by atoms with Crippen molar-refractivity contribution in [3.63, 3.8) is 0 Å². The molecule has 0 amide bonds. The largest absolute Gasteiger partial charge is 0.396 e. The van der Waals surface area contributed by atoms with Crippen LogP contribution in [0.15, 0.2) is 0 Å². The molecule has 0 aliphatic heterocycles. The molecule has 1 fully saturated rings. The highest BCUT2D eigenvalue weighted by molar-refractivity contribution is 4.76. The highest BCUT2D eigenvalue weighted by atomic mass is 16.3. The van der Waals surface area contributed by atoms with Gasteiger partial charge >= 0.3 is 0 Å². The number of aliphatic hydroxyl groups is 1. The average molecular weight is 255 g/mol. The number of nitrogens with one attached hydrogen (secondary N) is 1. The highest BCUT2D eigenvalue weighted by Crippen LogP contribution is 2.28. The normalized spacial score (nSPS) is 24.3. The molecule has 0 radical (unpaired) electrons. The minimum absolute atomic E-state index is 0.392. The topological polar surface area (TPSA) is 32.3 Å². The van der Waals surface area contributed by atoms with Gasteiger partial charge in [0.15, 0.2) is 0 Å². The standard InChI is InChI=1S/C16H33NO/c1-2-3-4-5-6-9-12-17-13-15-10-7-8-11-16(15)14-18/h15-18H,2-14H2,1H3. The van der Waals surface area contributed by atoms with E-state index in [2.05, 4.69) is 12.2 Å². The van der Waals surface area contributed by atoms with Crippen molar-refractivity contribution in [2.24, 2.45) is 11.8 Å². The Labute approximate surface area is 114 Å². The second-order valence-corrected chi connectivity index (χ2v) is 5.96. The zero-order valence-corrected chi connectivity index (χ0v) is 12.3. The van der Waals surface area contributed by atoms with Crippen LogP contribution in [0.4, 0.5) is 0 Å². The Kier molecular flexibility index (Phi) is 9.59. The fourth-order valence-electron chi connectivity index (χ4n) is 3.11. The molecule has 1 rings (SSSR count). The number of hydrogen-bond donors (Lipinski definition) is 2. The average Bonchev–Trinajstić information content (AvgIpc) is 2.42. The minimum atomic E-state index is 0.392. The van der Waals surface area contributed by atoms with Gasteiger partial charge in [-0.2, -0.15) is 0 Å². The maximum Gasteiger partial charge on any atom is 0.0462 e. The SMILES string of the molecule is CCCCCCCCNCC1CCCCC1CO. The third-order valence-corrected chi connectivity index (χ3v) is 4.41. The Bertz CT molecular complexity index is 184. The van der Waals surface area contributed by atoms with Gasteiger partial charge < -0.3 is 10.4 Å². The Balaban J connectivity index is 1.93. The van der Waals surface area contributed by atoms with Gasteiger partial charge in [0, 0.05) is 6.61 Å². The molecule has 1 aliphatic rings. The lowest BCUT2D eigenvalue weighted by atomic mass is 9.79. The molecule has 0 spiro atoms. The maximum absolute atomic E-state index is 9.36. The minimum Gasteiger partial charge on any atom is -0.396 e. The van der Waals surface area contributed by atoms with E-state index in [1.54, 1.807) is 0 Å². The molecule has 2 atom stereocenters. The van der Waals surface area contributed by atoms with Crippen LogP contribution < -0.4 is 5.32 Å². The molecule has 108 valence electrons. The van der Waals surface area contributed by atoms with E-state index < -0.39 is 0 Å². The number of unbranched alkanes of at least 4 members (excludes halogenated alkanes) is 5. The molecule has 0 bridgehead atoms. The monoisotopic (exact) mass is 255 g/mol. The molecule has 2 nitrogen and oxygen atoms in total. The van der Waals surface area contributed by atoms with Gasteiger partial charge in [0.25, 0.3) is 0 Å². The van der Waals surface area contributed by atoms with Crippen LogP contribution in [0.25, 0.3) is 0 Å². The number of aliphatic hydroxyl groups excluding tert-OH is 1. The van der Waals surface area contributed by atoms with Crippen molar-refractivity contribution < 1.29 is 5.11 Å². The van der Waals surface area contributed by atoms with E-state index >= 15 is 0 Å². The summed E-state index contributed by atoms with van der Waals surface area (Å²) in [4.78, 5) is 0. The van der Waals surface area contributed by atoms with Gasteiger partial charge in [-0.3, -0.25) is 0 Å². The van der Waals surface area contributed by atoms with E-state index in [9.17, 15) is 5.11 Å². The van der Waals surface area contributed by atoms with E-state index in [1.165, 1.54) is 70.8 Å². The van der Waals surface area contributed by atoms with E-state index in [-0.39, 0.29) is 0 Å². The predicted molar refractivity (Wildman–Crippen MR) is 78.8 cm³/mol. The second-order valence-electron chi connectivity index (χ2n) is 5.96. The van der Waals surface area contributed by atoms with Crippen LogP contribution in [-0.4, -0.2) is 24.8 Å². The first-order valence-electron chi connectivity index (χ1n) is 8.20. The Morgan fingerprint density at radius 1 is 0.944 bits per heavy atom. The molecule has 0 aromatic carbocycles. The molecule has 1 aliphatic carbocycles. The lowest BCUT2D eigenvalue weighted by Gasteiger charge is -2.30. The van der Waals surface area contributed by atoms with Crippen LogP contribution in [-0.2, 0) is 0 Å². The first kappa shape index (κ1) is 16.0. The fraction of sp³-hybridized carbons (Fsp3) is 1.00. The third-order valence-electron chi connectivity index (χ3n) is 4.41. The molecular weight excluding hydrogens is 222 g/mol. The first-order valence-corrected chi connectivity index (χ1v) is 8.20. The van der Waals surface area contributed by atoms with Crippen LogP contribution in [0.1, 0.15) is 71.1 Å². The Hall–Kier alpha value is -0.0800. The van der Waals surface area contributed by atoms with Crippen molar-refractivity contribution in [1.82, 2.24) is 5.32 Å². The Morgan fingerprint density at radius 2 is 1.61 bits per heavy atom.